The number of carbonyl (C=O) groups is 1. The van der Waals surface area contributed by atoms with Crippen LogP contribution in [0.5, 0.6) is 0 Å². The Balaban J connectivity index is 2.12. The topological polar surface area (TPSA) is 80.9 Å². The van der Waals surface area contributed by atoms with Crippen LogP contribution in [0.15, 0.2) is 18.7 Å². The average Bonchev–Trinajstić information content (AvgIpc) is 2.30. The van der Waals surface area contributed by atoms with E-state index in [2.05, 4.69) is 15.3 Å². The summed E-state index contributed by atoms with van der Waals surface area (Å²) in [4.78, 5) is 19.1. The first-order valence-electron chi connectivity index (χ1n) is 5.58. The molecule has 1 aromatic heterocycles. The fourth-order valence-corrected chi connectivity index (χ4v) is 1.37. The third-order valence-corrected chi connectivity index (χ3v) is 2.20. The molecule has 0 radical (unpaired) electrons. The van der Waals surface area contributed by atoms with Gasteiger partial charge in [0.25, 0.3) is 0 Å². The molecule has 0 aliphatic rings. The summed E-state index contributed by atoms with van der Waals surface area (Å²) in [6, 6.07) is 0. The number of unbranched alkanes of at least 4 members (excludes halogenated alkanes) is 3. The predicted molar refractivity (Wildman–Crippen MR) is 62.8 cm³/mol. The molecule has 0 spiro atoms. The first-order chi connectivity index (χ1) is 7.83. The van der Waals surface area contributed by atoms with Gasteiger partial charge in [0.1, 0.15) is 6.33 Å². The highest BCUT2D eigenvalue weighted by molar-refractivity contribution is 5.90. The molecule has 1 heterocycles. The Morgan fingerprint density at radius 1 is 1.19 bits per heavy atom. The van der Waals surface area contributed by atoms with Crippen molar-refractivity contribution in [1.29, 1.82) is 0 Å². The van der Waals surface area contributed by atoms with Crippen molar-refractivity contribution in [2.75, 3.05) is 11.9 Å². The summed E-state index contributed by atoms with van der Waals surface area (Å²) < 4.78 is 0. The number of nitrogens with two attached hydrogens (primary N) is 1. The molecule has 1 aromatic rings. The molecular formula is C11H18N4O. The van der Waals surface area contributed by atoms with E-state index in [9.17, 15) is 4.79 Å². The highest BCUT2D eigenvalue weighted by Crippen LogP contribution is 2.05. The van der Waals surface area contributed by atoms with E-state index in [1.807, 2.05) is 0 Å². The first-order valence-corrected chi connectivity index (χ1v) is 5.58. The lowest BCUT2D eigenvalue weighted by Crippen LogP contribution is -2.11. The number of rotatable bonds is 7. The molecule has 0 aliphatic heterocycles. The first kappa shape index (κ1) is 12.6. The van der Waals surface area contributed by atoms with Crippen molar-refractivity contribution in [2.45, 2.75) is 32.1 Å². The van der Waals surface area contributed by atoms with E-state index in [0.717, 1.165) is 32.2 Å². The van der Waals surface area contributed by atoms with Crippen molar-refractivity contribution < 1.29 is 4.79 Å². The van der Waals surface area contributed by atoms with Gasteiger partial charge in [-0.25, -0.2) is 9.97 Å². The summed E-state index contributed by atoms with van der Waals surface area (Å²) in [5, 5.41) is 2.74. The van der Waals surface area contributed by atoms with Gasteiger partial charge in [0, 0.05) is 6.42 Å². The van der Waals surface area contributed by atoms with Crippen molar-refractivity contribution in [1.82, 2.24) is 9.97 Å². The summed E-state index contributed by atoms with van der Waals surface area (Å²) in [5.41, 5.74) is 6.03. The van der Waals surface area contributed by atoms with E-state index in [0.29, 0.717) is 12.1 Å². The quantitative estimate of drug-likeness (QED) is 0.682. The molecule has 16 heavy (non-hydrogen) atoms. The number of aromatic nitrogens is 2. The normalized spacial score (nSPS) is 10.1. The fourth-order valence-electron chi connectivity index (χ4n) is 1.37. The van der Waals surface area contributed by atoms with E-state index < -0.39 is 0 Å². The minimum atomic E-state index is 0.0162. The Morgan fingerprint density at radius 2 is 1.88 bits per heavy atom. The maximum Gasteiger partial charge on any atom is 0.224 e. The lowest BCUT2D eigenvalue weighted by molar-refractivity contribution is -0.116. The molecule has 0 aromatic carbocycles. The van der Waals surface area contributed by atoms with Crippen molar-refractivity contribution in [2.24, 2.45) is 5.73 Å². The van der Waals surface area contributed by atoms with Crippen LogP contribution in [0.1, 0.15) is 32.1 Å². The van der Waals surface area contributed by atoms with Crippen LogP contribution in [0, 0.1) is 0 Å². The molecule has 1 rings (SSSR count). The second kappa shape index (κ2) is 7.76. The van der Waals surface area contributed by atoms with Crippen molar-refractivity contribution in [3.05, 3.63) is 18.7 Å². The van der Waals surface area contributed by atoms with Crippen LogP contribution in [-0.4, -0.2) is 22.4 Å². The maximum absolute atomic E-state index is 11.5. The van der Waals surface area contributed by atoms with Crippen LogP contribution >= 0.6 is 0 Å². The Kier molecular flexibility index (Phi) is 6.10. The zero-order valence-corrected chi connectivity index (χ0v) is 9.35. The smallest absolute Gasteiger partial charge is 0.224 e. The number of carbonyl (C=O) groups excluding carboxylic acids is 1. The number of hydrogen-bond donors (Lipinski definition) is 2. The number of anilines is 1. The summed E-state index contributed by atoms with van der Waals surface area (Å²) >= 11 is 0. The summed E-state index contributed by atoms with van der Waals surface area (Å²) in [6.45, 7) is 0.730. The highest BCUT2D eigenvalue weighted by atomic mass is 16.1. The average molecular weight is 222 g/mol. The van der Waals surface area contributed by atoms with E-state index in [-0.39, 0.29) is 5.91 Å². The van der Waals surface area contributed by atoms with Gasteiger partial charge < -0.3 is 11.1 Å². The van der Waals surface area contributed by atoms with Crippen LogP contribution in [-0.2, 0) is 4.79 Å². The molecule has 0 bridgehead atoms. The molecule has 0 saturated heterocycles. The summed E-state index contributed by atoms with van der Waals surface area (Å²) in [5.74, 6) is 0.0162. The van der Waals surface area contributed by atoms with Crippen LogP contribution in [0.3, 0.4) is 0 Å². The molecule has 0 atom stereocenters. The standard InChI is InChI=1S/C11H18N4O/c12-6-4-2-1-3-5-11(16)15-10-7-13-9-14-8-10/h7-9H,1-6,12H2,(H,15,16). The Bertz CT molecular complexity index is 302. The van der Waals surface area contributed by atoms with Gasteiger partial charge in [0.15, 0.2) is 0 Å². The van der Waals surface area contributed by atoms with E-state index in [4.69, 9.17) is 5.73 Å². The Hall–Kier alpha value is -1.49. The minimum Gasteiger partial charge on any atom is -0.330 e. The molecule has 1 amide bonds. The summed E-state index contributed by atoms with van der Waals surface area (Å²) in [7, 11) is 0. The van der Waals surface area contributed by atoms with E-state index in [1.54, 1.807) is 12.4 Å². The number of hydrogen-bond acceptors (Lipinski definition) is 4. The van der Waals surface area contributed by atoms with Gasteiger partial charge in [-0.05, 0) is 19.4 Å². The molecule has 88 valence electrons. The Labute approximate surface area is 95.5 Å². The lowest BCUT2D eigenvalue weighted by Gasteiger charge is -2.03. The second-order valence-corrected chi connectivity index (χ2v) is 3.63. The van der Waals surface area contributed by atoms with Gasteiger partial charge in [0.2, 0.25) is 5.91 Å². The van der Waals surface area contributed by atoms with Gasteiger partial charge in [-0.3, -0.25) is 4.79 Å². The van der Waals surface area contributed by atoms with Gasteiger partial charge in [0.05, 0.1) is 18.1 Å². The van der Waals surface area contributed by atoms with Crippen LogP contribution in [0.25, 0.3) is 0 Å². The van der Waals surface area contributed by atoms with Gasteiger partial charge in [-0.2, -0.15) is 0 Å². The molecule has 5 nitrogen and oxygen atoms in total. The van der Waals surface area contributed by atoms with Crippen LogP contribution < -0.4 is 11.1 Å². The monoisotopic (exact) mass is 222 g/mol. The SMILES string of the molecule is NCCCCCCC(=O)Nc1cncnc1. The highest BCUT2D eigenvalue weighted by Gasteiger charge is 2.01. The maximum atomic E-state index is 11.5. The largest absolute Gasteiger partial charge is 0.330 e. The zero-order chi connectivity index (χ0) is 11.6. The molecule has 0 unspecified atom stereocenters. The van der Waals surface area contributed by atoms with E-state index >= 15 is 0 Å². The van der Waals surface area contributed by atoms with Crippen LogP contribution in [0.2, 0.25) is 0 Å². The molecule has 0 aliphatic carbocycles. The van der Waals surface area contributed by atoms with E-state index in [1.165, 1.54) is 6.33 Å². The fraction of sp³-hybridized carbons (Fsp3) is 0.545. The number of amides is 1. The van der Waals surface area contributed by atoms with Crippen molar-refractivity contribution >= 4 is 11.6 Å². The van der Waals surface area contributed by atoms with Crippen molar-refractivity contribution in [3.8, 4) is 0 Å². The predicted octanol–water partition coefficient (Wildman–Crippen LogP) is 1.32. The zero-order valence-electron chi connectivity index (χ0n) is 9.35. The molecule has 0 saturated carbocycles. The molecule has 0 fully saturated rings. The number of nitrogens with zero attached hydrogens (tertiary/aromatic N) is 2. The molecular weight excluding hydrogens is 204 g/mol. The minimum absolute atomic E-state index is 0.0162. The third-order valence-electron chi connectivity index (χ3n) is 2.20. The summed E-state index contributed by atoms with van der Waals surface area (Å²) in [6.07, 6.45) is 9.22. The van der Waals surface area contributed by atoms with Gasteiger partial charge in [-0.1, -0.05) is 12.8 Å². The van der Waals surface area contributed by atoms with Gasteiger partial charge in [-0.15, -0.1) is 0 Å². The molecule has 3 N–H and O–H groups in total. The lowest BCUT2D eigenvalue weighted by atomic mass is 10.1. The van der Waals surface area contributed by atoms with Gasteiger partial charge >= 0.3 is 0 Å². The van der Waals surface area contributed by atoms with Crippen molar-refractivity contribution in [3.63, 3.8) is 0 Å². The third kappa shape index (κ3) is 5.41. The van der Waals surface area contributed by atoms with Crippen LogP contribution in [0.4, 0.5) is 5.69 Å². The Morgan fingerprint density at radius 3 is 2.56 bits per heavy atom. The molecule has 5 heteroatoms. The second-order valence-electron chi connectivity index (χ2n) is 3.63. The number of nitrogens with one attached hydrogen (secondary N) is 1.